The molecule has 4 heteroatoms. The molecule has 0 bridgehead atoms. The van der Waals surface area contributed by atoms with E-state index in [1.165, 1.54) is 29.7 Å². The molecule has 1 aliphatic heterocycles. The molecule has 1 heterocycles. The van der Waals surface area contributed by atoms with Crippen molar-refractivity contribution in [2.75, 3.05) is 25.4 Å². The number of allylic oxidation sites excluding steroid dienone is 1. The highest BCUT2D eigenvalue weighted by Gasteiger charge is 2.22. The second-order valence-corrected chi connectivity index (χ2v) is 8.87. The molecule has 2 N–H and O–H groups in total. The predicted octanol–water partition coefficient (Wildman–Crippen LogP) is 6.20. The minimum absolute atomic E-state index is 0.0816. The standard InChI is InChI=1S/C30H35N3O/c1-3-32(4-2)30(34)25-18-16-24(17-19-25)29(26-13-10-14-27(31)21-26)28-15-8-9-20-33(28)22-23-11-6-5-7-12-23/h5-7,10-14,16-19,21H,3-4,8-9,15,20,22,31H2,1-2H3. The van der Waals surface area contributed by atoms with Crippen LogP contribution in [0.2, 0.25) is 0 Å². The summed E-state index contributed by atoms with van der Waals surface area (Å²) in [6, 6.07) is 26.9. The fourth-order valence-corrected chi connectivity index (χ4v) is 4.82. The van der Waals surface area contributed by atoms with Gasteiger partial charge in [0, 0.05) is 48.7 Å². The number of benzene rings is 3. The molecule has 34 heavy (non-hydrogen) atoms. The molecule has 0 aliphatic carbocycles. The Labute approximate surface area is 203 Å². The summed E-state index contributed by atoms with van der Waals surface area (Å²) in [5, 5.41) is 0. The largest absolute Gasteiger partial charge is 0.399 e. The van der Waals surface area contributed by atoms with E-state index in [1.54, 1.807) is 0 Å². The topological polar surface area (TPSA) is 49.6 Å². The zero-order valence-corrected chi connectivity index (χ0v) is 20.3. The van der Waals surface area contributed by atoms with Crippen LogP contribution in [0.1, 0.15) is 60.2 Å². The number of nitrogens with zero attached hydrogens (tertiary/aromatic N) is 2. The number of hydrogen-bond donors (Lipinski definition) is 1. The van der Waals surface area contributed by atoms with Crippen LogP contribution < -0.4 is 5.73 Å². The number of nitrogen functional groups attached to an aromatic ring is 1. The third-order valence-electron chi connectivity index (χ3n) is 6.62. The van der Waals surface area contributed by atoms with Crippen LogP contribution in [0.3, 0.4) is 0 Å². The summed E-state index contributed by atoms with van der Waals surface area (Å²) in [7, 11) is 0. The highest BCUT2D eigenvalue weighted by Crippen LogP contribution is 2.35. The van der Waals surface area contributed by atoms with Gasteiger partial charge in [0.2, 0.25) is 0 Å². The van der Waals surface area contributed by atoms with Crippen LogP contribution in [-0.2, 0) is 6.54 Å². The number of likely N-dealkylation sites (tertiary alicyclic amines) is 1. The number of rotatable bonds is 7. The normalized spacial score (nSPS) is 15.2. The van der Waals surface area contributed by atoms with Gasteiger partial charge in [0.15, 0.2) is 0 Å². The fourth-order valence-electron chi connectivity index (χ4n) is 4.82. The first-order valence-corrected chi connectivity index (χ1v) is 12.4. The molecule has 4 nitrogen and oxygen atoms in total. The number of nitrogens with two attached hydrogens (primary N) is 1. The van der Waals surface area contributed by atoms with E-state index in [9.17, 15) is 4.79 Å². The summed E-state index contributed by atoms with van der Waals surface area (Å²) in [4.78, 5) is 17.2. The maximum absolute atomic E-state index is 12.8. The Morgan fingerprint density at radius 1 is 0.853 bits per heavy atom. The quantitative estimate of drug-likeness (QED) is 0.434. The van der Waals surface area contributed by atoms with Crippen molar-refractivity contribution in [3.05, 3.63) is 107 Å². The molecule has 1 saturated heterocycles. The van der Waals surface area contributed by atoms with E-state index in [2.05, 4.69) is 59.5 Å². The lowest BCUT2D eigenvalue weighted by molar-refractivity contribution is 0.0773. The molecule has 0 spiro atoms. The van der Waals surface area contributed by atoms with E-state index in [-0.39, 0.29) is 5.91 Å². The van der Waals surface area contributed by atoms with Gasteiger partial charge >= 0.3 is 0 Å². The van der Waals surface area contributed by atoms with Gasteiger partial charge in [-0.3, -0.25) is 4.79 Å². The number of piperidine rings is 1. The van der Waals surface area contributed by atoms with Gasteiger partial charge in [-0.2, -0.15) is 0 Å². The van der Waals surface area contributed by atoms with Crippen LogP contribution in [-0.4, -0.2) is 35.3 Å². The van der Waals surface area contributed by atoms with Gasteiger partial charge in [-0.1, -0.05) is 54.6 Å². The Hall–Kier alpha value is -3.53. The van der Waals surface area contributed by atoms with Crippen LogP contribution in [0.5, 0.6) is 0 Å². The lowest BCUT2D eigenvalue weighted by Crippen LogP contribution is -2.30. The SMILES string of the molecule is CCN(CC)C(=O)c1ccc(C(=C2CCCCN2Cc2ccccc2)c2cccc(N)c2)cc1. The van der Waals surface area contributed by atoms with Crippen molar-refractivity contribution in [2.45, 2.75) is 39.7 Å². The van der Waals surface area contributed by atoms with Crippen LogP contribution in [0.4, 0.5) is 5.69 Å². The predicted molar refractivity (Wildman–Crippen MR) is 141 cm³/mol. The highest BCUT2D eigenvalue weighted by atomic mass is 16.2. The van der Waals surface area contributed by atoms with Crippen molar-refractivity contribution < 1.29 is 4.79 Å². The average molecular weight is 454 g/mol. The Bertz CT molecular complexity index is 1130. The smallest absolute Gasteiger partial charge is 0.253 e. The third-order valence-corrected chi connectivity index (χ3v) is 6.62. The van der Waals surface area contributed by atoms with Gasteiger partial charge in [-0.05, 0) is 74.1 Å². The first-order chi connectivity index (χ1) is 16.6. The van der Waals surface area contributed by atoms with Gasteiger partial charge in [0.05, 0.1) is 0 Å². The van der Waals surface area contributed by atoms with Crippen molar-refractivity contribution in [3.8, 4) is 0 Å². The monoisotopic (exact) mass is 453 g/mol. The number of carbonyl (C=O) groups excluding carboxylic acids is 1. The molecule has 0 aromatic heterocycles. The Morgan fingerprint density at radius 2 is 1.56 bits per heavy atom. The van der Waals surface area contributed by atoms with Crippen molar-refractivity contribution in [3.63, 3.8) is 0 Å². The molecule has 3 aromatic rings. The number of carbonyl (C=O) groups is 1. The maximum atomic E-state index is 12.8. The molecule has 176 valence electrons. The van der Waals surface area contributed by atoms with E-state index < -0.39 is 0 Å². The number of anilines is 1. The van der Waals surface area contributed by atoms with E-state index >= 15 is 0 Å². The molecular weight excluding hydrogens is 418 g/mol. The highest BCUT2D eigenvalue weighted by molar-refractivity contribution is 5.95. The Kier molecular flexibility index (Phi) is 7.69. The minimum atomic E-state index is 0.0816. The molecule has 0 atom stereocenters. The molecule has 1 aliphatic rings. The van der Waals surface area contributed by atoms with Gasteiger partial charge < -0.3 is 15.5 Å². The molecule has 0 unspecified atom stereocenters. The van der Waals surface area contributed by atoms with Crippen molar-refractivity contribution in [2.24, 2.45) is 0 Å². The van der Waals surface area contributed by atoms with Gasteiger partial charge in [-0.25, -0.2) is 0 Å². The zero-order valence-electron chi connectivity index (χ0n) is 20.3. The molecule has 1 fully saturated rings. The second-order valence-electron chi connectivity index (χ2n) is 8.87. The first kappa shape index (κ1) is 23.6. The first-order valence-electron chi connectivity index (χ1n) is 12.4. The van der Waals surface area contributed by atoms with Crippen LogP contribution in [0, 0.1) is 0 Å². The summed E-state index contributed by atoms with van der Waals surface area (Å²) in [5.74, 6) is 0.0816. The summed E-state index contributed by atoms with van der Waals surface area (Å²) in [6.45, 7) is 7.38. The van der Waals surface area contributed by atoms with Crippen molar-refractivity contribution in [1.29, 1.82) is 0 Å². The minimum Gasteiger partial charge on any atom is -0.399 e. The maximum Gasteiger partial charge on any atom is 0.253 e. The molecule has 3 aromatic carbocycles. The Balaban J connectivity index is 1.78. The van der Waals surface area contributed by atoms with E-state index in [4.69, 9.17) is 5.73 Å². The van der Waals surface area contributed by atoms with E-state index in [1.807, 2.05) is 43.0 Å². The van der Waals surface area contributed by atoms with E-state index in [0.29, 0.717) is 13.1 Å². The molecule has 0 radical (unpaired) electrons. The van der Waals surface area contributed by atoms with Crippen molar-refractivity contribution in [1.82, 2.24) is 9.80 Å². The van der Waals surface area contributed by atoms with E-state index in [0.717, 1.165) is 41.9 Å². The number of hydrogen-bond acceptors (Lipinski definition) is 3. The summed E-state index contributed by atoms with van der Waals surface area (Å²) >= 11 is 0. The average Bonchev–Trinajstić information content (AvgIpc) is 2.87. The Morgan fingerprint density at radius 3 is 2.24 bits per heavy atom. The lowest BCUT2D eigenvalue weighted by Gasteiger charge is -2.34. The van der Waals surface area contributed by atoms with Gasteiger partial charge in [0.25, 0.3) is 5.91 Å². The van der Waals surface area contributed by atoms with Crippen LogP contribution >= 0.6 is 0 Å². The van der Waals surface area contributed by atoms with Gasteiger partial charge in [0.1, 0.15) is 0 Å². The lowest BCUT2D eigenvalue weighted by atomic mass is 9.90. The summed E-state index contributed by atoms with van der Waals surface area (Å²) in [6.07, 6.45) is 3.39. The zero-order chi connectivity index (χ0) is 23.9. The molecule has 4 rings (SSSR count). The fraction of sp³-hybridized carbons (Fsp3) is 0.300. The molecule has 1 amide bonds. The second kappa shape index (κ2) is 11.1. The van der Waals surface area contributed by atoms with Crippen LogP contribution in [0.15, 0.2) is 84.6 Å². The van der Waals surface area contributed by atoms with Gasteiger partial charge in [-0.15, -0.1) is 0 Å². The van der Waals surface area contributed by atoms with Crippen LogP contribution in [0.25, 0.3) is 5.57 Å². The number of amides is 1. The third kappa shape index (κ3) is 5.33. The molecular formula is C30H35N3O. The molecule has 0 saturated carbocycles. The van der Waals surface area contributed by atoms with Crippen molar-refractivity contribution >= 4 is 17.2 Å². The summed E-state index contributed by atoms with van der Waals surface area (Å²) in [5.41, 5.74) is 13.8. The summed E-state index contributed by atoms with van der Waals surface area (Å²) < 4.78 is 0.